The molecule has 0 spiro atoms. The zero-order valence-electron chi connectivity index (χ0n) is 9.89. The third-order valence-electron chi connectivity index (χ3n) is 0.672. The quantitative estimate of drug-likeness (QED) is 0.517. The van der Waals surface area contributed by atoms with E-state index >= 15 is 0 Å². The van der Waals surface area contributed by atoms with Crippen LogP contribution < -0.4 is 5.73 Å². The van der Waals surface area contributed by atoms with Crippen molar-refractivity contribution in [1.29, 1.82) is 0 Å². The zero-order valence-corrected chi connectivity index (χ0v) is 9.89. The summed E-state index contributed by atoms with van der Waals surface area (Å²) < 4.78 is 0. The molecule has 0 rings (SSSR count). The van der Waals surface area contributed by atoms with Gasteiger partial charge in [0.1, 0.15) is 5.82 Å². The number of allylic oxidation sites excluding steroid dienone is 2. The Morgan fingerprint density at radius 1 is 1.23 bits per heavy atom. The zero-order chi connectivity index (χ0) is 11.3. The molecule has 0 atom stereocenters. The van der Waals surface area contributed by atoms with E-state index in [1.807, 2.05) is 41.5 Å². The molecule has 0 aliphatic heterocycles. The fourth-order valence-electron chi connectivity index (χ4n) is 0.439. The van der Waals surface area contributed by atoms with Gasteiger partial charge in [0, 0.05) is 6.21 Å². The van der Waals surface area contributed by atoms with Crippen molar-refractivity contribution in [1.82, 2.24) is 0 Å². The molecule has 0 saturated carbocycles. The largest absolute Gasteiger partial charge is 0.384 e. The van der Waals surface area contributed by atoms with E-state index in [0.29, 0.717) is 5.82 Å². The van der Waals surface area contributed by atoms with Crippen molar-refractivity contribution in [3.63, 3.8) is 0 Å². The Morgan fingerprint density at radius 3 is 1.85 bits per heavy atom. The van der Waals surface area contributed by atoms with Gasteiger partial charge in [0.2, 0.25) is 0 Å². The van der Waals surface area contributed by atoms with Crippen LogP contribution in [0.5, 0.6) is 0 Å². The number of hydrogen-bond donors (Lipinski definition) is 1. The van der Waals surface area contributed by atoms with Crippen LogP contribution in [0, 0.1) is 0 Å². The van der Waals surface area contributed by atoms with E-state index in [-0.39, 0.29) is 0 Å². The smallest absolute Gasteiger partial charge is 0.123 e. The second-order valence-electron chi connectivity index (χ2n) is 1.80. The van der Waals surface area contributed by atoms with Gasteiger partial charge in [-0.05, 0) is 19.9 Å². The standard InChI is InChI=1S/C7H12N2.2C2H6/c1-4-9-7(8)5-6(2)3;2*1-2/h4-5H,2,8H2,1,3H3;2*1-2H3/b7-5-,9-4-;;. The summed E-state index contributed by atoms with van der Waals surface area (Å²) in [6.07, 6.45) is 3.37. The number of aliphatic imine (C=N–C) groups is 1. The van der Waals surface area contributed by atoms with Crippen LogP contribution in [0.1, 0.15) is 41.5 Å². The molecule has 2 N–H and O–H groups in total. The predicted molar refractivity (Wildman–Crippen MR) is 63.9 cm³/mol. The van der Waals surface area contributed by atoms with E-state index in [2.05, 4.69) is 11.6 Å². The molecule has 0 aromatic heterocycles. The predicted octanol–water partition coefficient (Wildman–Crippen LogP) is 3.51. The molecule has 0 aliphatic rings. The number of nitrogens with zero attached hydrogens (tertiary/aromatic N) is 1. The molecule has 0 aliphatic carbocycles. The fraction of sp³-hybridized carbons (Fsp3) is 0.545. The van der Waals surface area contributed by atoms with Gasteiger partial charge in [-0.25, -0.2) is 4.99 Å². The highest BCUT2D eigenvalue weighted by Gasteiger charge is 1.79. The summed E-state index contributed by atoms with van der Waals surface area (Å²) >= 11 is 0. The Bertz CT molecular complexity index is 155. The Morgan fingerprint density at radius 2 is 1.62 bits per heavy atom. The summed E-state index contributed by atoms with van der Waals surface area (Å²) in [4.78, 5) is 3.82. The third kappa shape index (κ3) is 24.8. The van der Waals surface area contributed by atoms with E-state index < -0.39 is 0 Å². The highest BCUT2D eigenvalue weighted by atomic mass is 14.9. The highest BCUT2D eigenvalue weighted by molar-refractivity contribution is 5.55. The average molecular weight is 184 g/mol. The number of rotatable bonds is 2. The monoisotopic (exact) mass is 184 g/mol. The minimum atomic E-state index is 0.505. The molecule has 2 heteroatoms. The van der Waals surface area contributed by atoms with Gasteiger partial charge in [-0.1, -0.05) is 39.8 Å². The summed E-state index contributed by atoms with van der Waals surface area (Å²) in [5.41, 5.74) is 6.30. The molecule has 0 fully saturated rings. The Kier molecular flexibility index (Phi) is 23.6. The van der Waals surface area contributed by atoms with Crippen LogP contribution in [-0.2, 0) is 0 Å². The maximum absolute atomic E-state index is 5.39. The molecule has 13 heavy (non-hydrogen) atoms. The Labute approximate surface area is 83.3 Å². The lowest BCUT2D eigenvalue weighted by Crippen LogP contribution is -1.92. The van der Waals surface area contributed by atoms with Crippen LogP contribution in [0.4, 0.5) is 0 Å². The van der Waals surface area contributed by atoms with Crippen LogP contribution in [0.25, 0.3) is 0 Å². The molecule has 0 saturated heterocycles. The summed E-state index contributed by atoms with van der Waals surface area (Å²) in [6, 6.07) is 0. The van der Waals surface area contributed by atoms with Gasteiger partial charge in [0.15, 0.2) is 0 Å². The van der Waals surface area contributed by atoms with Gasteiger partial charge in [-0.15, -0.1) is 0 Å². The Hall–Kier alpha value is -1.05. The molecule has 0 heterocycles. The van der Waals surface area contributed by atoms with Crippen molar-refractivity contribution in [2.24, 2.45) is 10.7 Å². The first kappa shape index (κ1) is 17.9. The van der Waals surface area contributed by atoms with Crippen molar-refractivity contribution in [3.8, 4) is 0 Å². The maximum Gasteiger partial charge on any atom is 0.123 e. The topological polar surface area (TPSA) is 38.4 Å². The molecule has 0 bridgehead atoms. The van der Waals surface area contributed by atoms with Crippen LogP contribution in [0.15, 0.2) is 29.0 Å². The van der Waals surface area contributed by atoms with Crippen LogP contribution in [0.2, 0.25) is 0 Å². The molecule has 0 aromatic rings. The minimum Gasteiger partial charge on any atom is -0.384 e. The van der Waals surface area contributed by atoms with Crippen molar-refractivity contribution in [3.05, 3.63) is 24.0 Å². The van der Waals surface area contributed by atoms with Crippen LogP contribution in [-0.4, -0.2) is 6.21 Å². The normalized spacial score (nSPS) is 9.54. The minimum absolute atomic E-state index is 0.505. The van der Waals surface area contributed by atoms with Gasteiger partial charge >= 0.3 is 0 Å². The summed E-state index contributed by atoms with van der Waals surface area (Å²) in [7, 11) is 0. The molecule has 2 nitrogen and oxygen atoms in total. The van der Waals surface area contributed by atoms with Crippen LogP contribution in [0.3, 0.4) is 0 Å². The molecular weight excluding hydrogens is 160 g/mol. The van der Waals surface area contributed by atoms with Crippen molar-refractivity contribution < 1.29 is 0 Å². The summed E-state index contributed by atoms with van der Waals surface area (Å²) in [5.74, 6) is 0.505. The lowest BCUT2D eigenvalue weighted by Gasteiger charge is -1.89. The molecule has 78 valence electrons. The lowest BCUT2D eigenvalue weighted by molar-refractivity contribution is 1.23. The number of hydrogen-bond acceptors (Lipinski definition) is 2. The fourth-order valence-corrected chi connectivity index (χ4v) is 0.439. The second kappa shape index (κ2) is 17.2. The maximum atomic E-state index is 5.39. The summed E-state index contributed by atoms with van der Waals surface area (Å²) in [6.45, 7) is 15.3. The first-order chi connectivity index (χ1) is 6.16. The van der Waals surface area contributed by atoms with E-state index in [0.717, 1.165) is 5.57 Å². The number of nitrogens with two attached hydrogens (primary N) is 1. The van der Waals surface area contributed by atoms with Gasteiger partial charge < -0.3 is 5.73 Å². The van der Waals surface area contributed by atoms with Crippen molar-refractivity contribution >= 4 is 6.21 Å². The van der Waals surface area contributed by atoms with Crippen molar-refractivity contribution in [2.45, 2.75) is 41.5 Å². The molecule has 0 amide bonds. The molecule has 0 unspecified atom stereocenters. The van der Waals surface area contributed by atoms with E-state index in [1.54, 1.807) is 12.3 Å². The molecular formula is C11H24N2. The van der Waals surface area contributed by atoms with Crippen molar-refractivity contribution in [2.75, 3.05) is 0 Å². The van der Waals surface area contributed by atoms with E-state index in [4.69, 9.17) is 5.73 Å². The molecule has 0 radical (unpaired) electrons. The summed E-state index contributed by atoms with van der Waals surface area (Å²) in [5, 5.41) is 0. The van der Waals surface area contributed by atoms with E-state index in [1.165, 1.54) is 0 Å². The lowest BCUT2D eigenvalue weighted by atomic mass is 10.3. The van der Waals surface area contributed by atoms with Gasteiger partial charge in [0.25, 0.3) is 0 Å². The Balaban J connectivity index is -0.000000218. The first-order valence-electron chi connectivity index (χ1n) is 4.78. The third-order valence-corrected chi connectivity index (χ3v) is 0.672. The van der Waals surface area contributed by atoms with Crippen LogP contribution >= 0.6 is 0 Å². The first-order valence-corrected chi connectivity index (χ1v) is 4.78. The van der Waals surface area contributed by atoms with E-state index in [9.17, 15) is 0 Å². The van der Waals surface area contributed by atoms with Gasteiger partial charge in [-0.2, -0.15) is 0 Å². The SMILES string of the molecule is C=C(C)/C=C(N)\N=C/C.CC.CC. The van der Waals surface area contributed by atoms with Gasteiger partial charge in [-0.3, -0.25) is 0 Å². The second-order valence-corrected chi connectivity index (χ2v) is 1.80. The molecule has 0 aromatic carbocycles. The highest BCUT2D eigenvalue weighted by Crippen LogP contribution is 1.93. The average Bonchev–Trinajstić information content (AvgIpc) is 2.10. The van der Waals surface area contributed by atoms with Gasteiger partial charge in [0.05, 0.1) is 0 Å².